The fourth-order valence-electron chi connectivity index (χ4n) is 0.793. The van der Waals surface area contributed by atoms with Crippen LogP contribution < -0.4 is 5.32 Å². The molecule has 1 radical (unpaired) electrons. The van der Waals surface area contributed by atoms with Crippen LogP contribution in [0.1, 0.15) is 0 Å². The van der Waals surface area contributed by atoms with Crippen molar-refractivity contribution in [2.24, 2.45) is 0 Å². The molecule has 0 atom stereocenters. The zero-order chi connectivity index (χ0) is 9.84. The van der Waals surface area contributed by atoms with Crippen LogP contribution in [-0.4, -0.2) is 11.7 Å². The maximum Gasteiger partial charge on any atom is 0.235 e. The zero-order valence-corrected chi connectivity index (χ0v) is 7.33. The third kappa shape index (κ3) is 2.42. The van der Waals surface area contributed by atoms with Gasteiger partial charge in [-0.3, -0.25) is 4.79 Å². The number of benzene rings is 1. The van der Waals surface area contributed by atoms with E-state index >= 15 is 0 Å². The summed E-state index contributed by atoms with van der Waals surface area (Å²) in [4.78, 5) is 10.7. The van der Waals surface area contributed by atoms with Gasteiger partial charge in [-0.25, -0.2) is 8.78 Å². The van der Waals surface area contributed by atoms with E-state index in [-0.39, 0.29) is 5.75 Å². The second-order valence-electron chi connectivity index (χ2n) is 2.29. The maximum absolute atomic E-state index is 12.9. The van der Waals surface area contributed by atoms with Crippen LogP contribution in [0.4, 0.5) is 14.5 Å². The molecule has 1 N–H and O–H groups in total. The van der Waals surface area contributed by atoms with Crippen molar-refractivity contribution in [2.75, 3.05) is 11.1 Å². The Morgan fingerprint density at radius 1 is 1.38 bits per heavy atom. The molecule has 13 heavy (non-hydrogen) atoms. The van der Waals surface area contributed by atoms with Crippen molar-refractivity contribution in [1.82, 2.24) is 0 Å². The molecule has 0 saturated carbocycles. The number of rotatable bonds is 2. The topological polar surface area (TPSA) is 29.1 Å². The average Bonchev–Trinajstić information content (AvgIpc) is 2.11. The molecule has 69 valence electrons. The van der Waals surface area contributed by atoms with Gasteiger partial charge < -0.3 is 5.32 Å². The summed E-state index contributed by atoms with van der Waals surface area (Å²) in [6.45, 7) is 0. The first-order valence-electron chi connectivity index (χ1n) is 3.47. The summed E-state index contributed by atoms with van der Waals surface area (Å²) in [5, 5.41) is 2.04. The molecule has 1 rings (SSSR count). The fraction of sp³-hybridized carbons (Fsp3) is 0.125. The van der Waals surface area contributed by atoms with Crippen LogP contribution in [0.5, 0.6) is 0 Å². The molecule has 0 aliphatic rings. The second kappa shape index (κ2) is 4.23. The van der Waals surface area contributed by atoms with Crippen LogP contribution in [0, 0.1) is 11.6 Å². The van der Waals surface area contributed by atoms with Crippen LogP contribution in [-0.2, 0) is 4.79 Å². The van der Waals surface area contributed by atoms with Crippen molar-refractivity contribution in [2.45, 2.75) is 0 Å². The highest BCUT2D eigenvalue weighted by molar-refractivity contribution is 7.81. The molecule has 0 aromatic heterocycles. The van der Waals surface area contributed by atoms with E-state index in [2.05, 4.69) is 12.6 Å². The lowest BCUT2D eigenvalue weighted by atomic mass is 10.3. The molecular formula is C8H6F2NOS. The molecule has 5 heteroatoms. The van der Waals surface area contributed by atoms with Crippen LogP contribution in [0.25, 0.3) is 0 Å². The number of carbonyl (C=O) groups is 1. The molecule has 0 unspecified atom stereocenters. The summed E-state index contributed by atoms with van der Waals surface area (Å²) in [5.41, 5.74) is -0.447. The van der Waals surface area contributed by atoms with Gasteiger partial charge in [0.15, 0.2) is 0 Å². The van der Waals surface area contributed by atoms with Gasteiger partial charge in [0.25, 0.3) is 0 Å². The lowest BCUT2D eigenvalue weighted by Gasteiger charge is -2.04. The Bertz CT molecular complexity index is 310. The Morgan fingerprint density at radius 2 is 1.92 bits per heavy atom. The maximum atomic E-state index is 12.9. The highest BCUT2D eigenvalue weighted by Crippen LogP contribution is 2.17. The molecule has 0 bridgehead atoms. The highest BCUT2D eigenvalue weighted by Gasteiger charge is 2.10. The van der Waals surface area contributed by atoms with E-state index in [1.807, 2.05) is 5.32 Å². The van der Waals surface area contributed by atoms with Crippen molar-refractivity contribution < 1.29 is 13.6 Å². The van der Waals surface area contributed by atoms with E-state index in [9.17, 15) is 13.6 Å². The van der Waals surface area contributed by atoms with Gasteiger partial charge in [-0.05, 0) is 12.1 Å². The van der Waals surface area contributed by atoms with E-state index in [1.165, 1.54) is 6.07 Å². The Kier molecular flexibility index (Phi) is 3.25. The molecule has 1 aromatic carbocycles. The number of amides is 1. The van der Waals surface area contributed by atoms with E-state index in [0.717, 1.165) is 12.1 Å². The molecule has 2 nitrogen and oxygen atoms in total. The standard InChI is InChI=1S/C8H6F2NOS/c9-5-2-1-3-6(10)8(5)11-7(12)4-13/h1-3H,4H2,(H,11,12). The zero-order valence-electron chi connectivity index (χ0n) is 6.51. The van der Waals surface area contributed by atoms with Crippen LogP contribution >= 0.6 is 12.6 Å². The molecule has 0 fully saturated rings. The first-order valence-corrected chi connectivity index (χ1v) is 4.05. The van der Waals surface area contributed by atoms with Crippen molar-refractivity contribution in [3.8, 4) is 0 Å². The minimum atomic E-state index is -0.809. The summed E-state index contributed by atoms with van der Waals surface area (Å²) in [5.74, 6) is -2.44. The molecular weight excluding hydrogens is 196 g/mol. The van der Waals surface area contributed by atoms with Gasteiger partial charge in [-0.15, -0.1) is 0 Å². The number of nitrogens with one attached hydrogen (secondary N) is 1. The Labute approximate surface area is 79.4 Å². The van der Waals surface area contributed by atoms with Gasteiger partial charge in [0.1, 0.15) is 17.3 Å². The normalized spacial score (nSPS) is 9.77. The molecule has 0 aliphatic heterocycles. The first-order chi connectivity index (χ1) is 6.15. The minimum absolute atomic E-state index is 0.228. The van der Waals surface area contributed by atoms with Crippen LogP contribution in [0.3, 0.4) is 0 Å². The number of carbonyl (C=O) groups excluding carboxylic acids is 1. The molecule has 0 aliphatic carbocycles. The molecule has 0 spiro atoms. The fourth-order valence-corrected chi connectivity index (χ4v) is 0.865. The molecule has 1 amide bonds. The van der Waals surface area contributed by atoms with E-state index in [4.69, 9.17) is 0 Å². The van der Waals surface area contributed by atoms with Crippen molar-refractivity contribution in [1.29, 1.82) is 0 Å². The third-order valence-corrected chi connectivity index (χ3v) is 1.62. The third-order valence-electron chi connectivity index (χ3n) is 1.36. The number of hydrogen-bond acceptors (Lipinski definition) is 1. The van der Waals surface area contributed by atoms with Gasteiger partial charge in [0.05, 0.1) is 5.75 Å². The number of hydrogen-bond donors (Lipinski definition) is 1. The SMILES string of the molecule is O=C(C[S])Nc1c(F)cccc1F. The van der Waals surface area contributed by atoms with Crippen molar-refractivity contribution in [3.63, 3.8) is 0 Å². The summed E-state index contributed by atoms with van der Waals surface area (Å²) in [6.07, 6.45) is 0. The van der Waals surface area contributed by atoms with Crippen LogP contribution in [0.2, 0.25) is 0 Å². The number of halogens is 2. The van der Waals surface area contributed by atoms with Gasteiger partial charge in [-0.2, -0.15) is 0 Å². The summed E-state index contributed by atoms with van der Waals surface area (Å²) < 4.78 is 25.7. The van der Waals surface area contributed by atoms with Gasteiger partial charge in [0.2, 0.25) is 5.91 Å². The predicted molar refractivity (Wildman–Crippen MR) is 47.4 cm³/mol. The molecule has 0 heterocycles. The predicted octanol–water partition coefficient (Wildman–Crippen LogP) is 2.10. The van der Waals surface area contributed by atoms with Gasteiger partial charge in [-0.1, -0.05) is 18.7 Å². The Hall–Kier alpha value is -1.10. The van der Waals surface area contributed by atoms with E-state index < -0.39 is 23.2 Å². The smallest absolute Gasteiger partial charge is 0.235 e. The Morgan fingerprint density at radius 3 is 2.38 bits per heavy atom. The summed E-state index contributed by atoms with van der Waals surface area (Å²) in [6, 6.07) is 3.33. The van der Waals surface area contributed by atoms with Gasteiger partial charge in [0, 0.05) is 0 Å². The largest absolute Gasteiger partial charge is 0.320 e. The van der Waals surface area contributed by atoms with Gasteiger partial charge >= 0.3 is 0 Å². The number of para-hydroxylation sites is 1. The highest BCUT2D eigenvalue weighted by atomic mass is 32.1. The van der Waals surface area contributed by atoms with Crippen molar-refractivity contribution >= 4 is 24.2 Å². The minimum Gasteiger partial charge on any atom is -0.320 e. The second-order valence-corrected chi connectivity index (χ2v) is 2.58. The quantitative estimate of drug-likeness (QED) is 0.781. The van der Waals surface area contributed by atoms with E-state index in [1.54, 1.807) is 0 Å². The summed E-state index contributed by atoms with van der Waals surface area (Å²) in [7, 11) is 0. The van der Waals surface area contributed by atoms with Crippen LogP contribution in [0.15, 0.2) is 18.2 Å². The molecule has 0 saturated heterocycles. The summed E-state index contributed by atoms with van der Waals surface area (Å²) >= 11 is 4.40. The first kappa shape index (κ1) is 9.98. The van der Waals surface area contributed by atoms with E-state index in [0.29, 0.717) is 0 Å². The number of anilines is 1. The Balaban J connectivity index is 2.93. The average molecular weight is 202 g/mol. The van der Waals surface area contributed by atoms with Crippen molar-refractivity contribution in [3.05, 3.63) is 29.8 Å². The monoisotopic (exact) mass is 202 g/mol. The lowest BCUT2D eigenvalue weighted by Crippen LogP contribution is -2.14. The molecule has 1 aromatic rings. The lowest BCUT2D eigenvalue weighted by molar-refractivity contribution is -0.113.